The standard InChI is InChI=1S/C22H24N6O2/c1-30-17-6-2-4-15(12-17)19-14-20(25-24-19)22(29)28-10-8-27(9-11-28)21-13-16-5-3-7-18(16)23-26-21/h2,4,6,12-14H,3,5,7-11H2,1H3,(H,24,25). The van der Waals surface area contributed by atoms with Gasteiger partial charge in [0, 0.05) is 31.7 Å². The van der Waals surface area contributed by atoms with Crippen LogP contribution < -0.4 is 9.64 Å². The third-order valence-corrected chi connectivity index (χ3v) is 5.87. The number of aromatic nitrogens is 4. The third kappa shape index (κ3) is 3.49. The van der Waals surface area contributed by atoms with E-state index in [0.717, 1.165) is 60.9 Å². The van der Waals surface area contributed by atoms with Crippen LogP contribution in [0.15, 0.2) is 36.4 Å². The molecule has 0 radical (unpaired) electrons. The van der Waals surface area contributed by atoms with Gasteiger partial charge in [-0.3, -0.25) is 9.89 Å². The topological polar surface area (TPSA) is 87.2 Å². The Kier molecular flexibility index (Phi) is 4.82. The summed E-state index contributed by atoms with van der Waals surface area (Å²) in [6.07, 6.45) is 3.29. The molecule has 0 spiro atoms. The molecule has 0 unspecified atom stereocenters. The second-order valence-electron chi connectivity index (χ2n) is 7.71. The molecule has 1 amide bonds. The Labute approximate surface area is 174 Å². The number of H-pyrrole nitrogens is 1. The number of aryl methyl sites for hydroxylation is 2. The number of nitrogens with one attached hydrogen (secondary N) is 1. The van der Waals surface area contributed by atoms with Crippen molar-refractivity contribution in [2.75, 3.05) is 38.2 Å². The molecule has 0 bridgehead atoms. The molecule has 3 aromatic rings. The highest BCUT2D eigenvalue weighted by Crippen LogP contribution is 2.25. The van der Waals surface area contributed by atoms with Crippen LogP contribution in [0.2, 0.25) is 0 Å². The second kappa shape index (κ2) is 7.78. The van der Waals surface area contributed by atoms with Crippen LogP contribution >= 0.6 is 0 Å². The molecule has 30 heavy (non-hydrogen) atoms. The number of fused-ring (bicyclic) bond motifs is 1. The molecule has 1 aliphatic heterocycles. The summed E-state index contributed by atoms with van der Waals surface area (Å²) in [7, 11) is 1.63. The van der Waals surface area contributed by atoms with Gasteiger partial charge < -0.3 is 14.5 Å². The predicted octanol–water partition coefficient (Wildman–Crippen LogP) is 2.33. The zero-order chi connectivity index (χ0) is 20.5. The molecular weight excluding hydrogens is 380 g/mol. The Morgan fingerprint density at radius 3 is 2.77 bits per heavy atom. The normalized spacial score (nSPS) is 15.9. The maximum Gasteiger partial charge on any atom is 0.272 e. The molecule has 3 heterocycles. The first kappa shape index (κ1) is 18.6. The lowest BCUT2D eigenvalue weighted by Crippen LogP contribution is -2.49. The molecule has 2 aromatic heterocycles. The molecule has 2 aliphatic rings. The number of amides is 1. The third-order valence-electron chi connectivity index (χ3n) is 5.87. The summed E-state index contributed by atoms with van der Waals surface area (Å²) < 4.78 is 5.27. The fraction of sp³-hybridized carbons (Fsp3) is 0.364. The monoisotopic (exact) mass is 404 g/mol. The summed E-state index contributed by atoms with van der Waals surface area (Å²) in [4.78, 5) is 17.0. The van der Waals surface area contributed by atoms with Crippen molar-refractivity contribution in [3.05, 3.63) is 53.3 Å². The molecule has 0 atom stereocenters. The van der Waals surface area contributed by atoms with E-state index in [-0.39, 0.29) is 5.91 Å². The molecular formula is C22H24N6O2. The summed E-state index contributed by atoms with van der Waals surface area (Å²) in [6.45, 7) is 2.78. The number of ether oxygens (including phenoxy) is 1. The number of carbonyl (C=O) groups excluding carboxylic acids is 1. The van der Waals surface area contributed by atoms with E-state index in [1.165, 1.54) is 5.56 Å². The van der Waals surface area contributed by atoms with Crippen LogP contribution in [0, 0.1) is 0 Å². The summed E-state index contributed by atoms with van der Waals surface area (Å²) in [5, 5.41) is 16.0. The van der Waals surface area contributed by atoms with Crippen LogP contribution in [0.4, 0.5) is 5.82 Å². The molecule has 5 rings (SSSR count). The van der Waals surface area contributed by atoms with Gasteiger partial charge in [0.15, 0.2) is 5.82 Å². The first-order chi connectivity index (χ1) is 14.7. The Morgan fingerprint density at radius 1 is 1.07 bits per heavy atom. The number of anilines is 1. The Bertz CT molecular complexity index is 1070. The zero-order valence-electron chi connectivity index (χ0n) is 17.0. The number of aromatic amines is 1. The van der Waals surface area contributed by atoms with Crippen LogP contribution in [0.5, 0.6) is 5.75 Å². The molecule has 1 saturated heterocycles. The van der Waals surface area contributed by atoms with Gasteiger partial charge in [-0.05, 0) is 49.1 Å². The largest absolute Gasteiger partial charge is 0.497 e. The molecule has 8 nitrogen and oxygen atoms in total. The number of hydrogen-bond acceptors (Lipinski definition) is 6. The highest BCUT2D eigenvalue weighted by atomic mass is 16.5. The maximum atomic E-state index is 12.9. The molecule has 154 valence electrons. The summed E-state index contributed by atoms with van der Waals surface area (Å²) >= 11 is 0. The molecule has 0 saturated carbocycles. The van der Waals surface area contributed by atoms with Gasteiger partial charge in [0.1, 0.15) is 11.4 Å². The fourth-order valence-electron chi connectivity index (χ4n) is 4.14. The van der Waals surface area contributed by atoms with E-state index < -0.39 is 0 Å². The van der Waals surface area contributed by atoms with E-state index in [4.69, 9.17) is 4.74 Å². The lowest BCUT2D eigenvalue weighted by molar-refractivity contribution is 0.0740. The van der Waals surface area contributed by atoms with E-state index in [2.05, 4.69) is 31.4 Å². The van der Waals surface area contributed by atoms with Gasteiger partial charge in [-0.15, -0.1) is 5.10 Å². The summed E-state index contributed by atoms with van der Waals surface area (Å²) in [6, 6.07) is 11.6. The fourth-order valence-corrected chi connectivity index (χ4v) is 4.14. The highest BCUT2D eigenvalue weighted by molar-refractivity contribution is 5.93. The molecule has 1 aromatic carbocycles. The SMILES string of the molecule is COc1cccc(-c2cc(C(=O)N3CCN(c4cc5c(nn4)CCC5)CC3)[nH]n2)c1. The Morgan fingerprint density at radius 2 is 1.93 bits per heavy atom. The average Bonchev–Trinajstić information content (AvgIpc) is 3.48. The van der Waals surface area contributed by atoms with Crippen molar-refractivity contribution in [3.63, 3.8) is 0 Å². The zero-order valence-corrected chi connectivity index (χ0v) is 17.0. The van der Waals surface area contributed by atoms with Crippen molar-refractivity contribution in [2.45, 2.75) is 19.3 Å². The second-order valence-corrected chi connectivity index (χ2v) is 7.71. The van der Waals surface area contributed by atoms with Crippen LogP contribution in [-0.4, -0.2) is 64.5 Å². The van der Waals surface area contributed by atoms with E-state index in [0.29, 0.717) is 18.8 Å². The van der Waals surface area contributed by atoms with Crippen molar-refractivity contribution in [1.82, 2.24) is 25.3 Å². The van der Waals surface area contributed by atoms with Gasteiger partial charge in [-0.2, -0.15) is 10.2 Å². The van der Waals surface area contributed by atoms with Crippen molar-refractivity contribution in [2.24, 2.45) is 0 Å². The maximum absolute atomic E-state index is 12.9. The van der Waals surface area contributed by atoms with Crippen LogP contribution in [0.3, 0.4) is 0 Å². The molecule has 1 N–H and O–H groups in total. The Balaban J connectivity index is 1.24. The van der Waals surface area contributed by atoms with Gasteiger partial charge in [0.2, 0.25) is 0 Å². The van der Waals surface area contributed by atoms with Crippen molar-refractivity contribution in [1.29, 1.82) is 0 Å². The number of hydrogen-bond donors (Lipinski definition) is 1. The number of nitrogens with zero attached hydrogens (tertiary/aromatic N) is 5. The minimum Gasteiger partial charge on any atom is -0.497 e. The van der Waals surface area contributed by atoms with Crippen LogP contribution in [0.1, 0.15) is 28.2 Å². The van der Waals surface area contributed by atoms with Gasteiger partial charge in [-0.1, -0.05) is 12.1 Å². The summed E-state index contributed by atoms with van der Waals surface area (Å²) in [5.74, 6) is 1.65. The van der Waals surface area contributed by atoms with Crippen LogP contribution in [0.25, 0.3) is 11.3 Å². The van der Waals surface area contributed by atoms with Gasteiger partial charge in [0.05, 0.1) is 18.5 Å². The summed E-state index contributed by atoms with van der Waals surface area (Å²) in [5.41, 5.74) is 4.59. The molecule has 1 aliphatic carbocycles. The van der Waals surface area contributed by atoms with Crippen molar-refractivity contribution < 1.29 is 9.53 Å². The number of piperazine rings is 1. The number of rotatable bonds is 4. The first-order valence-corrected chi connectivity index (χ1v) is 10.3. The minimum atomic E-state index is -0.0312. The molecule has 1 fully saturated rings. The minimum absolute atomic E-state index is 0.0312. The van der Waals surface area contributed by atoms with E-state index in [9.17, 15) is 4.79 Å². The highest BCUT2D eigenvalue weighted by Gasteiger charge is 2.25. The lowest BCUT2D eigenvalue weighted by atomic mass is 10.1. The van der Waals surface area contributed by atoms with Crippen molar-refractivity contribution >= 4 is 11.7 Å². The van der Waals surface area contributed by atoms with Crippen molar-refractivity contribution in [3.8, 4) is 17.0 Å². The van der Waals surface area contributed by atoms with E-state index in [1.807, 2.05) is 29.2 Å². The van der Waals surface area contributed by atoms with E-state index in [1.54, 1.807) is 13.2 Å². The predicted molar refractivity (Wildman–Crippen MR) is 113 cm³/mol. The van der Waals surface area contributed by atoms with Gasteiger partial charge in [0.25, 0.3) is 5.91 Å². The average molecular weight is 404 g/mol. The molecule has 8 heteroatoms. The number of benzene rings is 1. The van der Waals surface area contributed by atoms with Gasteiger partial charge >= 0.3 is 0 Å². The Hall–Kier alpha value is -3.42. The smallest absolute Gasteiger partial charge is 0.272 e. The van der Waals surface area contributed by atoms with Gasteiger partial charge in [-0.25, -0.2) is 0 Å². The number of methoxy groups -OCH3 is 1. The van der Waals surface area contributed by atoms with Crippen LogP contribution in [-0.2, 0) is 12.8 Å². The quantitative estimate of drug-likeness (QED) is 0.718. The van der Waals surface area contributed by atoms with E-state index >= 15 is 0 Å². The number of carbonyl (C=O) groups is 1. The lowest BCUT2D eigenvalue weighted by Gasteiger charge is -2.35. The first-order valence-electron chi connectivity index (χ1n) is 10.3.